The Morgan fingerprint density at radius 3 is 2.91 bits per heavy atom. The number of aryl methyl sites for hydroxylation is 1. The molecule has 1 amide bonds. The average Bonchev–Trinajstić information content (AvgIpc) is 2.51. The normalized spacial score (nSPS) is 18.3. The summed E-state index contributed by atoms with van der Waals surface area (Å²) in [5.74, 6) is 1.76. The summed E-state index contributed by atoms with van der Waals surface area (Å²) in [5, 5.41) is 6.32. The van der Waals surface area contributed by atoms with E-state index >= 15 is 0 Å². The Balaban J connectivity index is 1.74. The Kier molecular flexibility index (Phi) is 6.25. The number of piperidine rings is 1. The number of hydrogen-bond acceptors (Lipinski definition) is 3. The van der Waals surface area contributed by atoms with Gasteiger partial charge in [0.25, 0.3) is 5.91 Å². The lowest BCUT2D eigenvalue weighted by molar-refractivity contribution is -0.123. The number of ether oxygens (including phenoxy) is 1. The van der Waals surface area contributed by atoms with E-state index in [0.29, 0.717) is 11.8 Å². The van der Waals surface area contributed by atoms with Gasteiger partial charge in [-0.1, -0.05) is 19.9 Å². The van der Waals surface area contributed by atoms with E-state index in [-0.39, 0.29) is 12.5 Å². The number of amides is 1. The van der Waals surface area contributed by atoms with Gasteiger partial charge in [0.2, 0.25) is 0 Å². The summed E-state index contributed by atoms with van der Waals surface area (Å²) in [7, 11) is 0. The Hall–Kier alpha value is -1.55. The zero-order chi connectivity index (χ0) is 15.9. The van der Waals surface area contributed by atoms with Gasteiger partial charge in [-0.15, -0.1) is 0 Å². The largest absolute Gasteiger partial charge is 0.484 e. The van der Waals surface area contributed by atoms with Gasteiger partial charge in [-0.05, 0) is 68.0 Å². The minimum atomic E-state index is -0.0452. The molecule has 0 bridgehead atoms. The molecule has 1 fully saturated rings. The van der Waals surface area contributed by atoms with Crippen molar-refractivity contribution in [3.8, 4) is 5.75 Å². The summed E-state index contributed by atoms with van der Waals surface area (Å²) >= 11 is 0. The second kappa shape index (κ2) is 8.18. The number of benzene rings is 1. The van der Waals surface area contributed by atoms with E-state index in [1.54, 1.807) is 0 Å². The van der Waals surface area contributed by atoms with Crippen LogP contribution >= 0.6 is 0 Å². The molecule has 0 aromatic heterocycles. The van der Waals surface area contributed by atoms with Crippen LogP contribution in [0.15, 0.2) is 18.2 Å². The average molecular weight is 304 g/mol. The van der Waals surface area contributed by atoms with Crippen molar-refractivity contribution < 1.29 is 9.53 Å². The summed E-state index contributed by atoms with van der Waals surface area (Å²) < 4.78 is 5.60. The van der Waals surface area contributed by atoms with E-state index < -0.39 is 0 Å². The van der Waals surface area contributed by atoms with Gasteiger partial charge in [0.05, 0.1) is 0 Å². The lowest BCUT2D eigenvalue weighted by atomic mass is 9.98. The standard InChI is InChI=1S/C18H28N2O2/c1-13(2)17-7-6-16(9-14(17)3)22-12-18(21)20-11-15-5-4-8-19-10-15/h6-7,9,13,15,19H,4-5,8,10-12H2,1-3H3,(H,20,21). The zero-order valence-corrected chi connectivity index (χ0v) is 13.9. The highest BCUT2D eigenvalue weighted by Gasteiger charge is 2.14. The van der Waals surface area contributed by atoms with Crippen molar-refractivity contribution >= 4 is 5.91 Å². The maximum Gasteiger partial charge on any atom is 0.257 e. The van der Waals surface area contributed by atoms with Gasteiger partial charge in [0.15, 0.2) is 6.61 Å². The molecule has 4 heteroatoms. The van der Waals surface area contributed by atoms with Crippen LogP contribution in [0, 0.1) is 12.8 Å². The third-order valence-electron chi connectivity index (χ3n) is 4.22. The summed E-state index contributed by atoms with van der Waals surface area (Å²) in [4.78, 5) is 11.9. The van der Waals surface area contributed by atoms with Gasteiger partial charge in [-0.2, -0.15) is 0 Å². The molecule has 4 nitrogen and oxygen atoms in total. The molecule has 1 atom stereocenters. The van der Waals surface area contributed by atoms with E-state index in [4.69, 9.17) is 4.74 Å². The van der Waals surface area contributed by atoms with Crippen LogP contribution in [0.25, 0.3) is 0 Å². The van der Waals surface area contributed by atoms with Crippen molar-refractivity contribution in [2.75, 3.05) is 26.2 Å². The summed E-state index contributed by atoms with van der Waals surface area (Å²) in [6, 6.07) is 6.04. The number of carbonyl (C=O) groups excluding carboxylic acids is 1. The van der Waals surface area contributed by atoms with Crippen molar-refractivity contribution in [1.82, 2.24) is 10.6 Å². The van der Waals surface area contributed by atoms with E-state index in [2.05, 4.69) is 37.5 Å². The lowest BCUT2D eigenvalue weighted by Gasteiger charge is -2.22. The second-order valence-corrected chi connectivity index (χ2v) is 6.48. The van der Waals surface area contributed by atoms with E-state index in [1.165, 1.54) is 24.0 Å². The number of hydrogen-bond donors (Lipinski definition) is 2. The van der Waals surface area contributed by atoms with Crippen molar-refractivity contribution in [2.24, 2.45) is 5.92 Å². The molecule has 2 N–H and O–H groups in total. The van der Waals surface area contributed by atoms with Gasteiger partial charge in [-0.3, -0.25) is 4.79 Å². The fourth-order valence-corrected chi connectivity index (χ4v) is 2.94. The topological polar surface area (TPSA) is 50.4 Å². The number of carbonyl (C=O) groups is 1. The maximum absolute atomic E-state index is 11.9. The van der Waals surface area contributed by atoms with Crippen LogP contribution in [-0.4, -0.2) is 32.1 Å². The molecule has 1 aromatic carbocycles. The molecule has 1 aliphatic rings. The zero-order valence-electron chi connectivity index (χ0n) is 13.9. The highest BCUT2D eigenvalue weighted by Crippen LogP contribution is 2.23. The van der Waals surface area contributed by atoms with Gasteiger partial charge in [0.1, 0.15) is 5.75 Å². The van der Waals surface area contributed by atoms with Crippen LogP contribution in [0.3, 0.4) is 0 Å². The number of nitrogens with one attached hydrogen (secondary N) is 2. The van der Waals surface area contributed by atoms with Crippen molar-refractivity contribution in [3.05, 3.63) is 29.3 Å². The Morgan fingerprint density at radius 1 is 1.45 bits per heavy atom. The van der Waals surface area contributed by atoms with E-state index in [9.17, 15) is 4.79 Å². The fourth-order valence-electron chi connectivity index (χ4n) is 2.94. The van der Waals surface area contributed by atoms with E-state index in [0.717, 1.165) is 25.4 Å². The molecule has 0 radical (unpaired) electrons. The molecule has 0 aliphatic carbocycles. The Labute approximate surface area is 133 Å². The molecule has 1 aliphatic heterocycles. The highest BCUT2D eigenvalue weighted by atomic mass is 16.5. The smallest absolute Gasteiger partial charge is 0.257 e. The molecule has 122 valence electrons. The number of rotatable bonds is 6. The van der Waals surface area contributed by atoms with Gasteiger partial charge < -0.3 is 15.4 Å². The van der Waals surface area contributed by atoms with Crippen LogP contribution in [0.2, 0.25) is 0 Å². The summed E-state index contributed by atoms with van der Waals surface area (Å²) in [5.41, 5.74) is 2.53. The molecule has 1 saturated heterocycles. The van der Waals surface area contributed by atoms with Crippen LogP contribution < -0.4 is 15.4 Å². The molecule has 1 unspecified atom stereocenters. The van der Waals surface area contributed by atoms with Crippen LogP contribution in [0.5, 0.6) is 5.75 Å². The quantitative estimate of drug-likeness (QED) is 0.849. The summed E-state index contributed by atoms with van der Waals surface area (Å²) in [6.45, 7) is 9.35. The first kappa shape index (κ1) is 16.8. The van der Waals surface area contributed by atoms with Gasteiger partial charge in [-0.25, -0.2) is 0 Å². The first-order valence-corrected chi connectivity index (χ1v) is 8.27. The Morgan fingerprint density at radius 2 is 2.27 bits per heavy atom. The maximum atomic E-state index is 11.9. The van der Waals surface area contributed by atoms with E-state index in [1.807, 2.05) is 12.1 Å². The first-order chi connectivity index (χ1) is 10.6. The molecule has 22 heavy (non-hydrogen) atoms. The molecule has 0 saturated carbocycles. The SMILES string of the molecule is Cc1cc(OCC(=O)NCC2CCCNC2)ccc1C(C)C. The third kappa shape index (κ3) is 5.02. The molecule has 1 heterocycles. The predicted octanol–water partition coefficient (Wildman–Crippen LogP) is 2.61. The highest BCUT2D eigenvalue weighted by molar-refractivity contribution is 5.77. The van der Waals surface area contributed by atoms with Crippen molar-refractivity contribution in [3.63, 3.8) is 0 Å². The minimum absolute atomic E-state index is 0.0452. The summed E-state index contributed by atoms with van der Waals surface area (Å²) in [6.07, 6.45) is 2.38. The first-order valence-electron chi connectivity index (χ1n) is 8.27. The van der Waals surface area contributed by atoms with Crippen molar-refractivity contribution in [1.29, 1.82) is 0 Å². The van der Waals surface area contributed by atoms with Crippen LogP contribution in [0.1, 0.15) is 43.7 Å². The molecule has 0 spiro atoms. The molecule has 1 aromatic rings. The molecule has 2 rings (SSSR count). The minimum Gasteiger partial charge on any atom is -0.484 e. The van der Waals surface area contributed by atoms with Gasteiger partial charge >= 0.3 is 0 Å². The predicted molar refractivity (Wildman–Crippen MR) is 89.4 cm³/mol. The Bertz CT molecular complexity index is 494. The van der Waals surface area contributed by atoms with Crippen LogP contribution in [-0.2, 0) is 4.79 Å². The second-order valence-electron chi connectivity index (χ2n) is 6.48. The fraction of sp³-hybridized carbons (Fsp3) is 0.611. The lowest BCUT2D eigenvalue weighted by Crippen LogP contribution is -2.39. The van der Waals surface area contributed by atoms with Crippen LogP contribution in [0.4, 0.5) is 0 Å². The monoisotopic (exact) mass is 304 g/mol. The molecular formula is C18H28N2O2. The van der Waals surface area contributed by atoms with Crippen molar-refractivity contribution in [2.45, 2.75) is 39.5 Å². The van der Waals surface area contributed by atoms with Gasteiger partial charge in [0, 0.05) is 6.54 Å². The molecular weight excluding hydrogens is 276 g/mol. The third-order valence-corrected chi connectivity index (χ3v) is 4.22.